The van der Waals surface area contributed by atoms with Gasteiger partial charge in [-0.05, 0) is 12.1 Å². The first-order valence-corrected chi connectivity index (χ1v) is 6.09. The van der Waals surface area contributed by atoms with Crippen molar-refractivity contribution >= 4 is 33.9 Å². The summed E-state index contributed by atoms with van der Waals surface area (Å²) in [5.74, 6) is 0. The maximum atomic E-state index is 12.3. The van der Waals surface area contributed by atoms with Crippen LogP contribution in [-0.4, -0.2) is 21.7 Å². The fourth-order valence-corrected chi connectivity index (χ4v) is 2.02. The van der Waals surface area contributed by atoms with Crippen molar-refractivity contribution in [3.8, 4) is 0 Å². The second-order valence-electron chi connectivity index (χ2n) is 3.03. The topological polar surface area (TPSA) is 34.1 Å². The number of benzene rings is 1. The van der Waals surface area contributed by atoms with Crippen molar-refractivity contribution in [3.63, 3.8) is 0 Å². The van der Waals surface area contributed by atoms with Crippen LogP contribution in [0.1, 0.15) is 0 Å². The van der Waals surface area contributed by atoms with E-state index in [2.05, 4.69) is 0 Å². The molecule has 2 nitrogen and oxygen atoms in total. The van der Waals surface area contributed by atoms with Gasteiger partial charge >= 0.3 is 58.4 Å². The Hall–Kier alpha value is 0.951. The Morgan fingerprint density at radius 2 is 1.75 bits per heavy atom. The first-order valence-electron chi connectivity index (χ1n) is 3.82. The van der Waals surface area contributed by atoms with E-state index in [1.807, 2.05) is 0 Å². The zero-order valence-electron chi connectivity index (χ0n) is 8.55. The number of hydrogen-bond donors (Lipinski definition) is 0. The molecule has 0 N–H and O–H groups in total. The molecule has 0 atom stereocenters. The van der Waals surface area contributed by atoms with Crippen LogP contribution in [-0.2, 0) is 9.84 Å². The van der Waals surface area contributed by atoms with Crippen molar-refractivity contribution in [1.82, 2.24) is 0 Å². The molecule has 84 valence electrons. The minimum atomic E-state index is -5.21. The predicted molar refractivity (Wildman–Crippen MR) is 53.3 cm³/mol. The molecule has 0 saturated heterocycles. The van der Waals surface area contributed by atoms with E-state index < -0.39 is 27.3 Å². The SMILES string of the molecule is CS(=O)(=O)c1ccc([B-](F)(F)F)c(Cl)c1.[K+]. The number of rotatable bonds is 2. The van der Waals surface area contributed by atoms with Gasteiger partial charge in [0.2, 0.25) is 0 Å². The quantitative estimate of drug-likeness (QED) is 0.643. The van der Waals surface area contributed by atoms with Crippen molar-refractivity contribution in [2.75, 3.05) is 6.26 Å². The van der Waals surface area contributed by atoms with Crippen LogP contribution in [0.5, 0.6) is 0 Å². The normalized spacial score (nSPS) is 12.1. The smallest absolute Gasteiger partial charge is 0.445 e. The summed E-state index contributed by atoms with van der Waals surface area (Å²) in [6.07, 6.45) is 0.900. The minimum Gasteiger partial charge on any atom is -0.445 e. The minimum absolute atomic E-state index is 0. The summed E-state index contributed by atoms with van der Waals surface area (Å²) < 4.78 is 58.9. The van der Waals surface area contributed by atoms with Gasteiger partial charge in [-0.3, -0.25) is 0 Å². The molecule has 0 unspecified atom stereocenters. The van der Waals surface area contributed by atoms with Gasteiger partial charge in [0.1, 0.15) is 0 Å². The second-order valence-corrected chi connectivity index (χ2v) is 5.45. The van der Waals surface area contributed by atoms with Crippen LogP contribution in [0.15, 0.2) is 23.1 Å². The van der Waals surface area contributed by atoms with E-state index in [0.717, 1.165) is 18.4 Å². The van der Waals surface area contributed by atoms with Crippen LogP contribution in [0.25, 0.3) is 0 Å². The average Bonchev–Trinajstić information content (AvgIpc) is 1.99. The molecule has 0 radical (unpaired) electrons. The molecule has 9 heteroatoms. The fourth-order valence-electron chi connectivity index (χ4n) is 1.00. The van der Waals surface area contributed by atoms with Gasteiger partial charge in [0.15, 0.2) is 9.84 Å². The zero-order valence-corrected chi connectivity index (χ0v) is 13.2. The van der Waals surface area contributed by atoms with Gasteiger partial charge in [-0.1, -0.05) is 23.1 Å². The zero-order chi connectivity index (χ0) is 11.9. The summed E-state index contributed by atoms with van der Waals surface area (Å²) in [5.41, 5.74) is -0.982. The van der Waals surface area contributed by atoms with Crippen LogP contribution < -0.4 is 56.8 Å². The third-order valence-corrected chi connectivity index (χ3v) is 3.19. The monoisotopic (exact) mass is 296 g/mol. The van der Waals surface area contributed by atoms with Gasteiger partial charge in [-0.2, -0.15) is 0 Å². The maximum Gasteiger partial charge on any atom is 1.00 e. The predicted octanol–water partition coefficient (Wildman–Crippen LogP) is -1.20. The van der Waals surface area contributed by atoms with Gasteiger partial charge in [-0.25, -0.2) is 8.42 Å². The Morgan fingerprint density at radius 1 is 1.25 bits per heavy atom. The number of hydrogen-bond acceptors (Lipinski definition) is 2. The van der Waals surface area contributed by atoms with Crippen LogP contribution in [0.2, 0.25) is 5.02 Å². The average molecular weight is 297 g/mol. The van der Waals surface area contributed by atoms with Crippen LogP contribution >= 0.6 is 11.6 Å². The number of sulfone groups is 1. The summed E-state index contributed by atoms with van der Waals surface area (Å²) in [6.45, 7) is -5.21. The number of halogens is 4. The summed E-state index contributed by atoms with van der Waals surface area (Å²) in [4.78, 5) is -0.226. The van der Waals surface area contributed by atoms with Gasteiger partial charge < -0.3 is 12.9 Å². The molecule has 0 bridgehead atoms. The molecule has 1 aromatic carbocycles. The molecular weight excluding hydrogens is 290 g/mol. The molecule has 0 aromatic heterocycles. The largest absolute Gasteiger partial charge is 1.00 e. The molecule has 16 heavy (non-hydrogen) atoms. The van der Waals surface area contributed by atoms with E-state index in [0.29, 0.717) is 6.07 Å². The Labute approximate surface area is 139 Å². The molecule has 0 aliphatic heterocycles. The molecular formula is C7H6BClF3KO2S. The van der Waals surface area contributed by atoms with Crippen molar-refractivity contribution in [3.05, 3.63) is 23.2 Å². The Balaban J connectivity index is 0.00000225. The van der Waals surface area contributed by atoms with E-state index in [-0.39, 0.29) is 56.3 Å². The third kappa shape index (κ3) is 4.32. The van der Waals surface area contributed by atoms with Crippen molar-refractivity contribution in [2.24, 2.45) is 0 Å². The second kappa shape index (κ2) is 5.73. The van der Waals surface area contributed by atoms with Gasteiger partial charge in [-0.15, -0.1) is 0 Å². The molecule has 0 spiro atoms. The Kier molecular flexibility index (Phi) is 6.07. The molecule has 0 fully saturated rings. The Bertz CT molecular complexity index is 489. The molecule has 0 aliphatic carbocycles. The molecule has 1 aromatic rings. The van der Waals surface area contributed by atoms with Gasteiger partial charge in [0.25, 0.3) is 0 Å². The van der Waals surface area contributed by atoms with E-state index in [4.69, 9.17) is 11.6 Å². The first kappa shape index (κ1) is 17.0. The summed E-state index contributed by atoms with van der Waals surface area (Å²) in [6, 6.07) is 2.38. The van der Waals surface area contributed by atoms with Crippen molar-refractivity contribution in [2.45, 2.75) is 4.90 Å². The summed E-state index contributed by atoms with van der Waals surface area (Å²) >= 11 is 5.35. The van der Waals surface area contributed by atoms with Gasteiger partial charge in [0, 0.05) is 11.3 Å². The van der Waals surface area contributed by atoms with E-state index in [1.54, 1.807) is 0 Å². The standard InChI is InChI=1S/C7H6BClF3O2S.K/c1-15(13,14)5-2-3-6(7(9)4-5)8(10,11)12;/h2-4H,1H3;/q-1;+1. The molecule has 0 amide bonds. The molecule has 1 rings (SSSR count). The Morgan fingerprint density at radius 3 is 2.06 bits per heavy atom. The van der Waals surface area contributed by atoms with Gasteiger partial charge in [0.05, 0.1) is 4.90 Å². The van der Waals surface area contributed by atoms with Crippen molar-refractivity contribution < 1.29 is 72.7 Å². The fraction of sp³-hybridized carbons (Fsp3) is 0.143. The summed E-state index contributed by atoms with van der Waals surface area (Å²) in [5, 5.41) is -0.592. The molecule has 0 saturated carbocycles. The first-order chi connectivity index (χ1) is 6.62. The van der Waals surface area contributed by atoms with E-state index in [9.17, 15) is 21.4 Å². The van der Waals surface area contributed by atoms with E-state index >= 15 is 0 Å². The molecule has 0 aliphatic rings. The van der Waals surface area contributed by atoms with E-state index in [1.165, 1.54) is 0 Å². The third-order valence-electron chi connectivity index (χ3n) is 1.75. The van der Waals surface area contributed by atoms with Crippen LogP contribution in [0, 0.1) is 0 Å². The van der Waals surface area contributed by atoms with Crippen molar-refractivity contribution in [1.29, 1.82) is 0 Å². The molecule has 0 heterocycles. The summed E-state index contributed by atoms with van der Waals surface area (Å²) in [7, 11) is -3.53. The maximum absolute atomic E-state index is 12.3. The van der Waals surface area contributed by atoms with Crippen LogP contribution in [0.4, 0.5) is 12.9 Å². The van der Waals surface area contributed by atoms with Crippen LogP contribution in [0.3, 0.4) is 0 Å².